The second-order valence-corrected chi connectivity index (χ2v) is 7.89. The van der Waals surface area contributed by atoms with E-state index in [1.165, 1.54) is 35.2 Å². The molecule has 0 atom stereocenters. The van der Waals surface area contributed by atoms with E-state index in [4.69, 9.17) is 4.99 Å². The molecule has 1 saturated carbocycles. The highest BCUT2D eigenvalue weighted by molar-refractivity contribution is 14.0. The number of aryl methyl sites for hydroxylation is 1. The van der Waals surface area contributed by atoms with E-state index in [1.54, 1.807) is 0 Å². The molecule has 5 rings (SSSR count). The van der Waals surface area contributed by atoms with E-state index in [1.807, 2.05) is 18.5 Å². The van der Waals surface area contributed by atoms with Crippen molar-refractivity contribution in [3.63, 3.8) is 0 Å². The lowest BCUT2D eigenvalue weighted by Gasteiger charge is -2.23. The lowest BCUT2D eigenvalue weighted by atomic mass is 10.0. The van der Waals surface area contributed by atoms with Crippen molar-refractivity contribution in [1.29, 1.82) is 0 Å². The van der Waals surface area contributed by atoms with Crippen LogP contribution in [0.3, 0.4) is 0 Å². The van der Waals surface area contributed by atoms with Crippen molar-refractivity contribution < 1.29 is 0 Å². The summed E-state index contributed by atoms with van der Waals surface area (Å²) in [5, 5.41) is 12.0. The molecule has 6 nitrogen and oxygen atoms in total. The van der Waals surface area contributed by atoms with Gasteiger partial charge in [-0.25, -0.2) is 4.99 Å². The lowest BCUT2D eigenvalue weighted by Crippen LogP contribution is -2.41. The Labute approximate surface area is 194 Å². The Kier molecular flexibility index (Phi) is 6.08. The number of hydrogen-bond acceptors (Lipinski definition) is 3. The summed E-state index contributed by atoms with van der Waals surface area (Å²) in [5.74, 6) is 2.75. The van der Waals surface area contributed by atoms with Crippen LogP contribution in [0.25, 0.3) is 11.1 Å². The van der Waals surface area contributed by atoms with Crippen LogP contribution < -0.4 is 10.2 Å². The maximum atomic E-state index is 4.92. The largest absolute Gasteiger partial charge is 0.353 e. The van der Waals surface area contributed by atoms with E-state index in [-0.39, 0.29) is 24.0 Å². The zero-order chi connectivity index (χ0) is 19.8. The first-order chi connectivity index (χ1) is 14.2. The predicted octanol–water partition coefficient (Wildman–Crippen LogP) is 4.08. The van der Waals surface area contributed by atoms with Gasteiger partial charge in [-0.2, -0.15) is 0 Å². The van der Waals surface area contributed by atoms with E-state index < -0.39 is 0 Å². The average Bonchev–Trinajstić information content (AvgIpc) is 3.39. The van der Waals surface area contributed by atoms with Gasteiger partial charge >= 0.3 is 0 Å². The van der Waals surface area contributed by atoms with Crippen LogP contribution in [0.1, 0.15) is 30.1 Å². The third kappa shape index (κ3) is 4.21. The zero-order valence-corrected chi connectivity index (χ0v) is 19.7. The Hall–Kier alpha value is -2.42. The van der Waals surface area contributed by atoms with Crippen LogP contribution in [-0.2, 0) is 20.0 Å². The number of halogens is 1. The molecule has 2 heterocycles. The molecule has 1 N–H and O–H groups in total. The summed E-state index contributed by atoms with van der Waals surface area (Å²) in [5.41, 5.74) is 5.17. The second kappa shape index (κ2) is 8.75. The molecule has 0 saturated heterocycles. The van der Waals surface area contributed by atoms with Crippen molar-refractivity contribution in [2.45, 2.75) is 38.8 Å². The van der Waals surface area contributed by atoms with Gasteiger partial charge < -0.3 is 14.8 Å². The molecule has 30 heavy (non-hydrogen) atoms. The molecule has 0 radical (unpaired) electrons. The van der Waals surface area contributed by atoms with E-state index in [9.17, 15) is 0 Å². The number of hydrogen-bond donors (Lipinski definition) is 1. The number of nitrogens with one attached hydrogen (secondary N) is 1. The van der Waals surface area contributed by atoms with Crippen molar-refractivity contribution in [2.75, 3.05) is 11.4 Å². The van der Waals surface area contributed by atoms with Gasteiger partial charge in [-0.15, -0.1) is 34.2 Å². The van der Waals surface area contributed by atoms with Crippen LogP contribution >= 0.6 is 24.0 Å². The number of anilines is 1. The molecule has 1 aromatic heterocycles. The van der Waals surface area contributed by atoms with Gasteiger partial charge in [0.25, 0.3) is 0 Å². The molecular formula is C23H27IN6. The van der Waals surface area contributed by atoms with Gasteiger partial charge in [0.2, 0.25) is 0 Å². The van der Waals surface area contributed by atoms with E-state index in [0.717, 1.165) is 30.6 Å². The summed E-state index contributed by atoms with van der Waals surface area (Å²) >= 11 is 0. The summed E-state index contributed by atoms with van der Waals surface area (Å²) in [6, 6.07) is 17.9. The molecule has 2 aromatic carbocycles. The van der Waals surface area contributed by atoms with Crippen molar-refractivity contribution in [2.24, 2.45) is 12.0 Å². The molecule has 1 aliphatic carbocycles. The quantitative estimate of drug-likeness (QED) is 0.324. The molecule has 0 bridgehead atoms. The van der Waals surface area contributed by atoms with Gasteiger partial charge in [0.05, 0.1) is 0 Å². The van der Waals surface area contributed by atoms with Gasteiger partial charge in [-0.3, -0.25) is 0 Å². The molecular weight excluding hydrogens is 487 g/mol. The summed E-state index contributed by atoms with van der Waals surface area (Å²) in [7, 11) is 1.99. The minimum Gasteiger partial charge on any atom is -0.353 e. The Morgan fingerprint density at radius 1 is 1.10 bits per heavy atom. The maximum absolute atomic E-state index is 4.92. The van der Waals surface area contributed by atoms with Crippen molar-refractivity contribution in [3.8, 4) is 11.1 Å². The fraction of sp³-hybridized carbons (Fsp3) is 0.348. The molecule has 0 unspecified atom stereocenters. The summed E-state index contributed by atoms with van der Waals surface area (Å²) in [6.07, 6.45) is 3.47. The highest BCUT2D eigenvalue weighted by Gasteiger charge is 2.29. The van der Waals surface area contributed by atoms with Crippen molar-refractivity contribution in [3.05, 3.63) is 65.7 Å². The summed E-state index contributed by atoms with van der Waals surface area (Å²) < 4.78 is 2.00. The number of fused-ring (bicyclic) bond motifs is 1. The molecule has 1 fully saturated rings. The van der Waals surface area contributed by atoms with Crippen molar-refractivity contribution >= 4 is 35.6 Å². The number of aliphatic imine (C=N–C) groups is 1. The Morgan fingerprint density at radius 3 is 2.60 bits per heavy atom. The van der Waals surface area contributed by atoms with Gasteiger partial charge in [0, 0.05) is 25.3 Å². The molecule has 0 amide bonds. The maximum Gasteiger partial charge on any atom is 0.199 e. The molecule has 1 aliphatic heterocycles. The van der Waals surface area contributed by atoms with Crippen molar-refractivity contribution in [1.82, 2.24) is 20.1 Å². The monoisotopic (exact) mass is 514 g/mol. The number of guanidine groups is 1. The van der Waals surface area contributed by atoms with E-state index >= 15 is 0 Å². The van der Waals surface area contributed by atoms with Crippen LogP contribution in [0.5, 0.6) is 0 Å². The fourth-order valence-electron chi connectivity index (χ4n) is 3.79. The number of nitrogens with zero attached hydrogens (tertiary/aromatic N) is 5. The number of aromatic nitrogens is 3. The fourth-order valence-corrected chi connectivity index (χ4v) is 3.79. The van der Waals surface area contributed by atoms with Gasteiger partial charge in [-0.1, -0.05) is 36.4 Å². The first-order valence-corrected chi connectivity index (χ1v) is 10.3. The molecule has 2 aliphatic rings. The average molecular weight is 514 g/mol. The topological polar surface area (TPSA) is 58.3 Å². The lowest BCUT2D eigenvalue weighted by molar-refractivity contribution is 0.763. The smallest absolute Gasteiger partial charge is 0.199 e. The normalized spacial score (nSPS) is 15.7. The minimum atomic E-state index is 0. The number of benzene rings is 2. The van der Waals surface area contributed by atoms with Crippen LogP contribution in [0.4, 0.5) is 5.69 Å². The van der Waals surface area contributed by atoms with Crippen LogP contribution in [-0.4, -0.2) is 33.3 Å². The Morgan fingerprint density at radius 2 is 1.90 bits per heavy atom. The SMILES string of the molecule is Cc1nnc(CN=C(NC2CC2)N2CCc3cc(-c4ccccc4)ccc32)n1C.I. The first-order valence-electron chi connectivity index (χ1n) is 10.3. The summed E-state index contributed by atoms with van der Waals surface area (Å²) in [4.78, 5) is 7.24. The zero-order valence-electron chi connectivity index (χ0n) is 17.4. The minimum absolute atomic E-state index is 0. The molecule has 156 valence electrons. The molecule has 0 spiro atoms. The second-order valence-electron chi connectivity index (χ2n) is 7.89. The van der Waals surface area contributed by atoms with Gasteiger partial charge in [-0.05, 0) is 55.0 Å². The Balaban J connectivity index is 0.00000218. The standard InChI is InChI=1S/C23H26N6.HI/c1-16-26-27-22(28(16)2)15-24-23(25-20-9-10-20)29-13-12-19-14-18(8-11-21(19)29)17-6-4-3-5-7-17;/h3-8,11,14,20H,9-10,12-13,15H2,1-2H3,(H,24,25);1H. The van der Waals surface area contributed by atoms with Gasteiger partial charge in [0.15, 0.2) is 11.8 Å². The van der Waals surface area contributed by atoms with Crippen LogP contribution in [0.2, 0.25) is 0 Å². The third-order valence-corrected chi connectivity index (χ3v) is 5.80. The summed E-state index contributed by atoms with van der Waals surface area (Å²) in [6.45, 7) is 3.44. The highest BCUT2D eigenvalue weighted by atomic mass is 127. The van der Waals surface area contributed by atoms with E-state index in [0.29, 0.717) is 12.6 Å². The van der Waals surface area contributed by atoms with E-state index in [2.05, 4.69) is 68.9 Å². The Bertz CT molecular complexity index is 1050. The van der Waals surface area contributed by atoms with Crippen LogP contribution in [0, 0.1) is 6.92 Å². The number of rotatable bonds is 4. The molecule has 7 heteroatoms. The van der Waals surface area contributed by atoms with Gasteiger partial charge in [0.1, 0.15) is 12.4 Å². The third-order valence-electron chi connectivity index (χ3n) is 5.80. The van der Waals surface area contributed by atoms with Crippen LogP contribution in [0.15, 0.2) is 53.5 Å². The molecule has 3 aromatic rings. The first kappa shape index (κ1) is 20.8. The highest BCUT2D eigenvalue weighted by Crippen LogP contribution is 2.33. The predicted molar refractivity (Wildman–Crippen MR) is 131 cm³/mol.